The Morgan fingerprint density at radius 1 is 1.40 bits per heavy atom. The first-order chi connectivity index (χ1) is 11.7. The highest BCUT2D eigenvalue weighted by molar-refractivity contribution is 7.80. The fraction of sp³-hybridized carbons (Fsp3) is 0.267. The van der Waals surface area contributed by atoms with Crippen molar-refractivity contribution in [3.8, 4) is 6.07 Å². The third-order valence-electron chi connectivity index (χ3n) is 3.69. The number of nitrogens with zero attached hydrogens (tertiary/aromatic N) is 1. The topological polar surface area (TPSA) is 108 Å². The number of hydrogen-bond donors (Lipinski definition) is 2. The number of thiocarbonyl (C=S) groups is 1. The minimum Gasteiger partial charge on any atom is -0.467 e. The van der Waals surface area contributed by atoms with Gasteiger partial charge in [-0.1, -0.05) is 23.2 Å². The van der Waals surface area contributed by atoms with Crippen molar-refractivity contribution in [2.45, 2.75) is 12.0 Å². The summed E-state index contributed by atoms with van der Waals surface area (Å²) in [4.78, 5) is 37.1. The smallest absolute Gasteiger partial charge is 0.334 e. The molecule has 2 N–H and O–H groups in total. The molecule has 0 aliphatic carbocycles. The van der Waals surface area contributed by atoms with Gasteiger partial charge in [0, 0.05) is 12.0 Å². The van der Waals surface area contributed by atoms with E-state index in [-0.39, 0.29) is 20.7 Å². The molecule has 1 amide bonds. The lowest BCUT2D eigenvalue weighted by Crippen LogP contribution is -2.70. The number of carbonyl (C=O) groups excluding carboxylic acids is 3. The van der Waals surface area contributed by atoms with Gasteiger partial charge in [-0.25, -0.2) is 4.79 Å². The summed E-state index contributed by atoms with van der Waals surface area (Å²) in [6, 6.07) is 5.90. The lowest BCUT2D eigenvalue weighted by molar-refractivity contribution is -0.152. The van der Waals surface area contributed by atoms with E-state index in [1.54, 1.807) is 6.07 Å². The van der Waals surface area contributed by atoms with Crippen molar-refractivity contribution in [3.05, 3.63) is 33.8 Å². The average Bonchev–Trinajstić information content (AvgIpc) is 2.55. The molecule has 1 aromatic rings. The van der Waals surface area contributed by atoms with Crippen LogP contribution < -0.4 is 10.6 Å². The number of nitrogens with one attached hydrogen (secondary N) is 2. The van der Waals surface area contributed by atoms with Gasteiger partial charge in [0.25, 0.3) is 0 Å². The number of hydrogen-bond acceptors (Lipinski definition) is 6. The Labute approximate surface area is 158 Å². The predicted molar refractivity (Wildman–Crippen MR) is 93.1 cm³/mol. The monoisotopic (exact) mass is 399 g/mol. The molecule has 2 atom stereocenters. The molecule has 0 bridgehead atoms. The van der Waals surface area contributed by atoms with E-state index in [2.05, 4.69) is 10.6 Å². The fourth-order valence-corrected chi connectivity index (χ4v) is 3.06. The summed E-state index contributed by atoms with van der Waals surface area (Å²) in [5.74, 6) is -3.81. The largest absolute Gasteiger partial charge is 0.467 e. The molecule has 1 aromatic carbocycles. The van der Waals surface area contributed by atoms with Crippen LogP contribution in [0.25, 0.3) is 0 Å². The van der Waals surface area contributed by atoms with Crippen LogP contribution in [0.1, 0.15) is 16.8 Å². The van der Waals surface area contributed by atoms with Crippen LogP contribution in [0.3, 0.4) is 0 Å². The van der Waals surface area contributed by atoms with Crippen LogP contribution in [-0.2, 0) is 14.3 Å². The molecule has 130 valence electrons. The van der Waals surface area contributed by atoms with Gasteiger partial charge in [-0.3, -0.25) is 9.59 Å². The zero-order chi connectivity index (χ0) is 18.8. The Hall–Kier alpha value is -2.21. The zero-order valence-electron chi connectivity index (χ0n) is 12.8. The fourth-order valence-electron chi connectivity index (χ4n) is 2.48. The Balaban J connectivity index is 2.46. The van der Waals surface area contributed by atoms with Crippen molar-refractivity contribution < 1.29 is 19.1 Å². The van der Waals surface area contributed by atoms with Crippen LogP contribution in [0.4, 0.5) is 0 Å². The van der Waals surface area contributed by atoms with Gasteiger partial charge in [0.2, 0.25) is 5.91 Å². The molecular formula is C15H11Cl2N3O4S. The molecule has 1 aliphatic heterocycles. The van der Waals surface area contributed by atoms with Crippen molar-refractivity contribution in [2.24, 2.45) is 5.92 Å². The maximum absolute atomic E-state index is 12.6. The number of nitriles is 1. The third kappa shape index (κ3) is 3.58. The summed E-state index contributed by atoms with van der Waals surface area (Å²) in [5.41, 5.74) is -1.78. The minimum atomic E-state index is -1.94. The maximum atomic E-state index is 12.6. The highest BCUT2D eigenvalue weighted by atomic mass is 35.5. The van der Waals surface area contributed by atoms with Gasteiger partial charge in [0.15, 0.2) is 22.4 Å². The summed E-state index contributed by atoms with van der Waals surface area (Å²) in [7, 11) is 1.08. The summed E-state index contributed by atoms with van der Waals surface area (Å²) in [6.45, 7) is 0. The summed E-state index contributed by atoms with van der Waals surface area (Å²) in [6.07, 6.45) is -0.538. The van der Waals surface area contributed by atoms with Gasteiger partial charge < -0.3 is 15.4 Å². The Morgan fingerprint density at radius 2 is 2.08 bits per heavy atom. The number of methoxy groups -OCH3 is 1. The molecule has 1 aliphatic rings. The number of esters is 1. The van der Waals surface area contributed by atoms with E-state index in [0.29, 0.717) is 0 Å². The van der Waals surface area contributed by atoms with Crippen LogP contribution in [0.15, 0.2) is 18.2 Å². The first-order valence-electron chi connectivity index (χ1n) is 6.84. The number of benzene rings is 1. The molecule has 0 saturated carbocycles. The molecular weight excluding hydrogens is 389 g/mol. The quantitative estimate of drug-likeness (QED) is 0.449. The van der Waals surface area contributed by atoms with Crippen LogP contribution in [-0.4, -0.2) is 35.4 Å². The molecule has 2 unspecified atom stereocenters. The molecule has 0 radical (unpaired) electrons. The second kappa shape index (κ2) is 7.35. The number of halogens is 2. The van der Waals surface area contributed by atoms with Crippen molar-refractivity contribution in [1.29, 1.82) is 5.26 Å². The van der Waals surface area contributed by atoms with Crippen LogP contribution >= 0.6 is 35.4 Å². The molecule has 0 spiro atoms. The van der Waals surface area contributed by atoms with Crippen molar-refractivity contribution in [2.75, 3.05) is 7.11 Å². The van der Waals surface area contributed by atoms with Crippen molar-refractivity contribution in [3.63, 3.8) is 0 Å². The average molecular weight is 400 g/mol. The van der Waals surface area contributed by atoms with E-state index in [1.807, 2.05) is 0 Å². The normalized spacial score (nSPS) is 22.4. The second-order valence-corrected chi connectivity index (χ2v) is 6.42. The SMILES string of the molecule is COC(=O)C1(CC(=O)c2ccc(Cl)c(Cl)c2)NC(=S)NC(=O)C1C#N. The van der Waals surface area contributed by atoms with Crippen LogP contribution in [0, 0.1) is 17.2 Å². The maximum Gasteiger partial charge on any atom is 0.334 e. The molecule has 7 nitrogen and oxygen atoms in total. The number of rotatable bonds is 4. The van der Waals surface area contributed by atoms with Crippen LogP contribution in [0.2, 0.25) is 10.0 Å². The third-order valence-corrected chi connectivity index (χ3v) is 4.63. The summed E-state index contributed by atoms with van der Waals surface area (Å²) >= 11 is 16.6. The standard InChI is InChI=1S/C15H11Cl2N3O4S/c1-24-13(23)15(8(6-18)12(22)19-14(25)20-15)5-11(21)7-2-3-9(16)10(17)4-7/h2-4,8H,5H2,1H3,(H2,19,20,22,25). The van der Waals surface area contributed by atoms with E-state index < -0.39 is 35.5 Å². The molecule has 2 rings (SSSR count). The Kier molecular flexibility index (Phi) is 5.62. The van der Waals surface area contributed by atoms with E-state index in [9.17, 15) is 19.6 Å². The van der Waals surface area contributed by atoms with Crippen molar-refractivity contribution >= 4 is 58.2 Å². The minimum absolute atomic E-state index is 0.154. The van der Waals surface area contributed by atoms with E-state index in [4.69, 9.17) is 40.2 Å². The molecule has 25 heavy (non-hydrogen) atoms. The number of carbonyl (C=O) groups is 3. The molecule has 0 aromatic heterocycles. The summed E-state index contributed by atoms with van der Waals surface area (Å²) in [5, 5.41) is 14.4. The van der Waals surface area contributed by atoms with Crippen molar-refractivity contribution in [1.82, 2.24) is 10.6 Å². The molecule has 1 fully saturated rings. The number of ketones is 1. The van der Waals surface area contributed by atoms with Crippen LogP contribution in [0.5, 0.6) is 0 Å². The molecule has 1 heterocycles. The van der Waals surface area contributed by atoms with Gasteiger partial charge in [-0.15, -0.1) is 0 Å². The molecule has 10 heteroatoms. The van der Waals surface area contributed by atoms with Gasteiger partial charge in [0.1, 0.15) is 0 Å². The first-order valence-corrected chi connectivity index (χ1v) is 8.01. The molecule has 1 saturated heterocycles. The lowest BCUT2D eigenvalue weighted by Gasteiger charge is -2.38. The highest BCUT2D eigenvalue weighted by Gasteiger charge is 2.55. The number of ether oxygens (including phenoxy) is 1. The Morgan fingerprint density at radius 3 is 2.64 bits per heavy atom. The van der Waals surface area contributed by atoms with Gasteiger partial charge in [0.05, 0.1) is 23.2 Å². The van der Waals surface area contributed by atoms with Gasteiger partial charge >= 0.3 is 5.97 Å². The second-order valence-electron chi connectivity index (χ2n) is 5.20. The zero-order valence-corrected chi connectivity index (χ0v) is 15.1. The van der Waals surface area contributed by atoms with E-state index >= 15 is 0 Å². The highest BCUT2D eigenvalue weighted by Crippen LogP contribution is 2.30. The van der Waals surface area contributed by atoms with Gasteiger partial charge in [-0.2, -0.15) is 5.26 Å². The van der Waals surface area contributed by atoms with Gasteiger partial charge in [-0.05, 0) is 30.4 Å². The summed E-state index contributed by atoms with van der Waals surface area (Å²) < 4.78 is 4.71. The number of amides is 1. The Bertz CT molecular complexity index is 823. The predicted octanol–water partition coefficient (Wildman–Crippen LogP) is 1.62. The first kappa shape index (κ1) is 19.1. The van der Waals surface area contributed by atoms with E-state index in [1.165, 1.54) is 18.2 Å². The lowest BCUT2D eigenvalue weighted by atomic mass is 9.77. The van der Waals surface area contributed by atoms with E-state index in [0.717, 1.165) is 7.11 Å². The number of Topliss-reactive ketones (excluding diaryl/α,β-unsaturated/α-hetero) is 1.